The maximum absolute atomic E-state index is 11.1. The Morgan fingerprint density at radius 2 is 2.33 bits per heavy atom. The SMILES string of the molecule is CN=C[C@@H]1CC[C@@H](NOC(C)C)CN1CC(N)=O. The second kappa shape index (κ2) is 7.45. The Labute approximate surface area is 109 Å². The summed E-state index contributed by atoms with van der Waals surface area (Å²) in [6.45, 7) is 4.95. The first-order valence-corrected chi connectivity index (χ1v) is 6.38. The lowest BCUT2D eigenvalue weighted by Gasteiger charge is -2.37. The number of hydrogen-bond donors (Lipinski definition) is 2. The molecule has 1 fully saturated rings. The van der Waals surface area contributed by atoms with Gasteiger partial charge in [-0.25, -0.2) is 0 Å². The monoisotopic (exact) mass is 256 g/mol. The second-order valence-corrected chi connectivity index (χ2v) is 4.93. The summed E-state index contributed by atoms with van der Waals surface area (Å²) in [5.74, 6) is -0.310. The smallest absolute Gasteiger partial charge is 0.231 e. The highest BCUT2D eigenvalue weighted by atomic mass is 16.7. The van der Waals surface area contributed by atoms with Gasteiger partial charge in [-0.3, -0.25) is 19.5 Å². The summed E-state index contributed by atoms with van der Waals surface area (Å²) in [6.07, 6.45) is 3.97. The van der Waals surface area contributed by atoms with Gasteiger partial charge in [0.15, 0.2) is 0 Å². The van der Waals surface area contributed by atoms with E-state index in [2.05, 4.69) is 10.5 Å². The molecule has 1 amide bonds. The Hall–Kier alpha value is -0.980. The molecule has 0 saturated carbocycles. The van der Waals surface area contributed by atoms with Crippen LogP contribution in [0.1, 0.15) is 26.7 Å². The van der Waals surface area contributed by atoms with Crippen molar-refractivity contribution in [2.45, 2.75) is 44.9 Å². The zero-order valence-corrected chi connectivity index (χ0v) is 11.4. The molecule has 0 radical (unpaired) electrons. The van der Waals surface area contributed by atoms with E-state index in [0.29, 0.717) is 0 Å². The predicted octanol–water partition coefficient (Wildman–Crippen LogP) is -0.0651. The number of hydroxylamine groups is 1. The molecule has 0 aromatic carbocycles. The summed E-state index contributed by atoms with van der Waals surface area (Å²) < 4.78 is 0. The number of rotatable bonds is 6. The lowest BCUT2D eigenvalue weighted by atomic mass is 9.99. The van der Waals surface area contributed by atoms with Crippen molar-refractivity contribution < 1.29 is 9.63 Å². The standard InChI is InChI=1S/C12H24N4O2/c1-9(2)18-15-10-4-5-11(6-14-3)16(7-10)8-12(13)17/h6,9-11,15H,4-5,7-8H2,1-3H3,(H2,13,17)/t10-,11+/m1/s1. The average molecular weight is 256 g/mol. The van der Waals surface area contributed by atoms with Crippen LogP contribution in [-0.2, 0) is 9.63 Å². The van der Waals surface area contributed by atoms with E-state index in [1.165, 1.54) is 0 Å². The molecule has 0 bridgehead atoms. The number of piperidine rings is 1. The number of carbonyl (C=O) groups is 1. The number of carbonyl (C=O) groups excluding carboxylic acids is 1. The Kier molecular flexibility index (Phi) is 6.24. The quantitative estimate of drug-likeness (QED) is 0.515. The van der Waals surface area contributed by atoms with Crippen molar-refractivity contribution >= 4 is 12.1 Å². The molecular weight excluding hydrogens is 232 g/mol. The fourth-order valence-corrected chi connectivity index (χ4v) is 2.12. The van der Waals surface area contributed by atoms with Crippen molar-refractivity contribution in [1.82, 2.24) is 10.4 Å². The molecular formula is C12H24N4O2. The van der Waals surface area contributed by atoms with Gasteiger partial charge in [0.05, 0.1) is 12.6 Å². The third-order valence-electron chi connectivity index (χ3n) is 2.89. The molecule has 1 aliphatic heterocycles. The van der Waals surface area contributed by atoms with E-state index in [1.807, 2.05) is 25.0 Å². The number of primary amides is 1. The number of nitrogens with two attached hydrogens (primary N) is 1. The first-order valence-electron chi connectivity index (χ1n) is 6.38. The van der Waals surface area contributed by atoms with Gasteiger partial charge in [0.2, 0.25) is 5.91 Å². The number of amides is 1. The summed E-state index contributed by atoms with van der Waals surface area (Å²) in [6, 6.07) is 0.424. The summed E-state index contributed by atoms with van der Waals surface area (Å²) in [5.41, 5.74) is 8.32. The molecule has 6 heteroatoms. The van der Waals surface area contributed by atoms with Gasteiger partial charge in [-0.05, 0) is 26.7 Å². The minimum atomic E-state index is -0.310. The number of hydrogen-bond acceptors (Lipinski definition) is 5. The Morgan fingerprint density at radius 3 is 2.89 bits per heavy atom. The molecule has 0 unspecified atom stereocenters. The molecule has 104 valence electrons. The third kappa shape index (κ3) is 5.12. The van der Waals surface area contributed by atoms with E-state index in [0.717, 1.165) is 19.4 Å². The molecule has 3 N–H and O–H groups in total. The minimum absolute atomic E-state index is 0.143. The zero-order chi connectivity index (χ0) is 13.5. The summed E-state index contributed by atoms with van der Waals surface area (Å²) >= 11 is 0. The van der Waals surface area contributed by atoms with Gasteiger partial charge < -0.3 is 5.73 Å². The molecule has 2 atom stereocenters. The molecule has 1 aliphatic rings. The first kappa shape index (κ1) is 15.1. The normalized spacial score (nSPS) is 26.0. The van der Waals surface area contributed by atoms with Crippen molar-refractivity contribution in [2.75, 3.05) is 20.1 Å². The van der Waals surface area contributed by atoms with E-state index in [9.17, 15) is 4.79 Å². The maximum atomic E-state index is 11.1. The van der Waals surface area contributed by atoms with Gasteiger partial charge in [0.25, 0.3) is 0 Å². The molecule has 0 aromatic rings. The largest absolute Gasteiger partial charge is 0.369 e. The average Bonchev–Trinajstić information content (AvgIpc) is 2.29. The predicted molar refractivity (Wildman–Crippen MR) is 71.4 cm³/mol. The topological polar surface area (TPSA) is 80.0 Å². The van der Waals surface area contributed by atoms with Crippen LogP contribution in [-0.4, -0.2) is 55.3 Å². The van der Waals surface area contributed by atoms with Crippen LogP contribution in [0.2, 0.25) is 0 Å². The van der Waals surface area contributed by atoms with Gasteiger partial charge in [-0.2, -0.15) is 5.48 Å². The minimum Gasteiger partial charge on any atom is -0.369 e. The summed E-state index contributed by atoms with van der Waals surface area (Å²) in [4.78, 5) is 22.6. The van der Waals surface area contributed by atoms with Crippen LogP contribution < -0.4 is 11.2 Å². The van der Waals surface area contributed by atoms with Crippen LogP contribution in [0.4, 0.5) is 0 Å². The highest BCUT2D eigenvalue weighted by Gasteiger charge is 2.28. The highest BCUT2D eigenvalue weighted by Crippen LogP contribution is 2.16. The molecule has 0 aromatic heterocycles. The van der Waals surface area contributed by atoms with E-state index >= 15 is 0 Å². The molecule has 1 rings (SSSR count). The Morgan fingerprint density at radius 1 is 1.61 bits per heavy atom. The van der Waals surface area contributed by atoms with E-state index in [4.69, 9.17) is 10.6 Å². The van der Waals surface area contributed by atoms with Crippen LogP contribution in [0.5, 0.6) is 0 Å². The second-order valence-electron chi connectivity index (χ2n) is 4.93. The number of nitrogens with one attached hydrogen (secondary N) is 1. The van der Waals surface area contributed by atoms with Crippen LogP contribution in [0.3, 0.4) is 0 Å². The Bertz CT molecular complexity index is 294. The molecule has 0 aliphatic carbocycles. The van der Waals surface area contributed by atoms with Crippen LogP contribution in [0.15, 0.2) is 4.99 Å². The molecule has 0 spiro atoms. The van der Waals surface area contributed by atoms with Crippen molar-refractivity contribution in [2.24, 2.45) is 10.7 Å². The van der Waals surface area contributed by atoms with Crippen LogP contribution >= 0.6 is 0 Å². The molecule has 1 saturated heterocycles. The Balaban J connectivity index is 2.52. The van der Waals surface area contributed by atoms with Crippen LogP contribution in [0.25, 0.3) is 0 Å². The van der Waals surface area contributed by atoms with Crippen molar-refractivity contribution in [3.63, 3.8) is 0 Å². The van der Waals surface area contributed by atoms with Gasteiger partial charge in [0.1, 0.15) is 0 Å². The molecule has 1 heterocycles. The van der Waals surface area contributed by atoms with Crippen molar-refractivity contribution in [1.29, 1.82) is 0 Å². The van der Waals surface area contributed by atoms with E-state index in [1.54, 1.807) is 7.05 Å². The van der Waals surface area contributed by atoms with Gasteiger partial charge >= 0.3 is 0 Å². The fraction of sp³-hybridized carbons (Fsp3) is 0.833. The van der Waals surface area contributed by atoms with Crippen molar-refractivity contribution in [3.05, 3.63) is 0 Å². The van der Waals surface area contributed by atoms with Gasteiger partial charge in [-0.15, -0.1) is 0 Å². The maximum Gasteiger partial charge on any atom is 0.231 e. The first-order chi connectivity index (χ1) is 8.52. The van der Waals surface area contributed by atoms with Crippen LogP contribution in [0, 0.1) is 0 Å². The fourth-order valence-electron chi connectivity index (χ4n) is 2.12. The van der Waals surface area contributed by atoms with Gasteiger partial charge in [0, 0.05) is 31.9 Å². The number of aliphatic imine (C=N–C) groups is 1. The van der Waals surface area contributed by atoms with Crippen molar-refractivity contribution in [3.8, 4) is 0 Å². The highest BCUT2D eigenvalue weighted by molar-refractivity contribution is 5.77. The third-order valence-corrected chi connectivity index (χ3v) is 2.89. The lowest BCUT2D eigenvalue weighted by molar-refractivity contribution is -0.120. The number of nitrogens with zero attached hydrogens (tertiary/aromatic N) is 2. The summed E-state index contributed by atoms with van der Waals surface area (Å²) in [7, 11) is 1.74. The van der Waals surface area contributed by atoms with E-state index in [-0.39, 0.29) is 30.6 Å². The zero-order valence-electron chi connectivity index (χ0n) is 11.4. The lowest BCUT2D eigenvalue weighted by Crippen LogP contribution is -2.53. The summed E-state index contributed by atoms with van der Waals surface area (Å²) in [5, 5.41) is 0. The van der Waals surface area contributed by atoms with E-state index < -0.39 is 0 Å². The number of likely N-dealkylation sites (tertiary alicyclic amines) is 1. The molecule has 18 heavy (non-hydrogen) atoms. The molecule has 6 nitrogen and oxygen atoms in total. The van der Waals surface area contributed by atoms with Gasteiger partial charge in [-0.1, -0.05) is 0 Å².